The summed E-state index contributed by atoms with van der Waals surface area (Å²) in [7, 11) is 0. The summed E-state index contributed by atoms with van der Waals surface area (Å²) in [5, 5.41) is 5.11. The normalized spacial score (nSPS) is 10.7. The van der Waals surface area contributed by atoms with Crippen LogP contribution in [-0.2, 0) is 0 Å². The van der Waals surface area contributed by atoms with Gasteiger partial charge in [0.15, 0.2) is 0 Å². The lowest BCUT2D eigenvalue weighted by Gasteiger charge is -2.13. The van der Waals surface area contributed by atoms with Crippen molar-refractivity contribution in [1.82, 2.24) is 0 Å². The Morgan fingerprint density at radius 1 is 0.867 bits per heavy atom. The molecule has 0 aliphatic heterocycles. The molecule has 0 bridgehead atoms. The highest BCUT2D eigenvalue weighted by Gasteiger charge is 2.16. The van der Waals surface area contributed by atoms with Crippen LogP contribution in [0.1, 0.15) is 46.0 Å². The Hall–Kier alpha value is -3.06. The number of halogens is 3. The number of carbonyl (C=O) groups excluding carboxylic acids is 2. The summed E-state index contributed by atoms with van der Waals surface area (Å²) in [6, 6.07) is 14.8. The van der Waals surface area contributed by atoms with Crippen molar-refractivity contribution in [3.63, 3.8) is 0 Å². The first-order chi connectivity index (χ1) is 14.3. The molecule has 3 aromatic carbocycles. The molecule has 4 nitrogen and oxygen atoms in total. The fraction of sp³-hybridized carbons (Fsp3) is 0.130. The molecule has 154 valence electrons. The van der Waals surface area contributed by atoms with Crippen molar-refractivity contribution in [2.45, 2.75) is 19.8 Å². The highest BCUT2D eigenvalue weighted by molar-refractivity contribution is 9.10. The topological polar surface area (TPSA) is 58.2 Å². The minimum Gasteiger partial charge on any atom is -0.322 e. The molecule has 0 aliphatic carbocycles. The van der Waals surface area contributed by atoms with Gasteiger partial charge >= 0.3 is 0 Å². The van der Waals surface area contributed by atoms with E-state index in [2.05, 4.69) is 26.6 Å². The molecule has 7 heteroatoms. The van der Waals surface area contributed by atoms with Crippen molar-refractivity contribution >= 4 is 39.1 Å². The summed E-state index contributed by atoms with van der Waals surface area (Å²) in [4.78, 5) is 24.9. The maximum Gasteiger partial charge on any atom is 0.258 e. The molecule has 0 aromatic heterocycles. The summed E-state index contributed by atoms with van der Waals surface area (Å²) in [5.74, 6) is -2.24. The Bertz CT molecular complexity index is 1090. The highest BCUT2D eigenvalue weighted by atomic mass is 79.9. The third kappa shape index (κ3) is 4.91. The molecule has 2 amide bonds. The largest absolute Gasteiger partial charge is 0.322 e. The summed E-state index contributed by atoms with van der Waals surface area (Å²) < 4.78 is 28.7. The fourth-order valence-electron chi connectivity index (χ4n) is 2.81. The molecule has 0 fully saturated rings. The number of nitrogens with one attached hydrogen (secondary N) is 2. The van der Waals surface area contributed by atoms with Gasteiger partial charge in [0.25, 0.3) is 11.8 Å². The molecule has 0 saturated heterocycles. The lowest BCUT2D eigenvalue weighted by Crippen LogP contribution is -2.16. The van der Waals surface area contributed by atoms with E-state index in [0.29, 0.717) is 10.2 Å². The number of anilines is 2. The molecule has 0 saturated carbocycles. The van der Waals surface area contributed by atoms with E-state index in [0.717, 1.165) is 5.56 Å². The Labute approximate surface area is 181 Å². The van der Waals surface area contributed by atoms with Crippen LogP contribution in [0, 0.1) is 11.6 Å². The van der Waals surface area contributed by atoms with Crippen LogP contribution in [0.4, 0.5) is 20.2 Å². The van der Waals surface area contributed by atoms with Crippen LogP contribution in [-0.4, -0.2) is 11.8 Å². The van der Waals surface area contributed by atoms with Gasteiger partial charge in [-0.05, 0) is 69.9 Å². The van der Waals surface area contributed by atoms with Crippen molar-refractivity contribution < 1.29 is 18.4 Å². The van der Waals surface area contributed by atoms with Gasteiger partial charge in [-0.25, -0.2) is 8.78 Å². The number of benzene rings is 3. The summed E-state index contributed by atoms with van der Waals surface area (Å²) >= 11 is 3.30. The lowest BCUT2D eigenvalue weighted by atomic mass is 10.0. The maximum atomic E-state index is 14.5. The minimum absolute atomic E-state index is 0.0326. The number of hydrogen-bond donors (Lipinski definition) is 2. The van der Waals surface area contributed by atoms with E-state index in [9.17, 15) is 18.4 Å². The van der Waals surface area contributed by atoms with Crippen LogP contribution in [0.3, 0.4) is 0 Å². The predicted octanol–water partition coefficient (Wildman–Crippen LogP) is 6.36. The number of carbonyl (C=O) groups is 2. The van der Waals surface area contributed by atoms with Gasteiger partial charge in [-0.15, -0.1) is 0 Å². The van der Waals surface area contributed by atoms with E-state index < -0.39 is 23.4 Å². The Balaban J connectivity index is 1.79. The molecule has 0 atom stereocenters. The zero-order valence-electron chi connectivity index (χ0n) is 16.3. The maximum absolute atomic E-state index is 14.5. The van der Waals surface area contributed by atoms with E-state index in [4.69, 9.17) is 0 Å². The molecule has 0 radical (unpaired) electrons. The zero-order chi connectivity index (χ0) is 21.8. The summed E-state index contributed by atoms with van der Waals surface area (Å²) in [6.07, 6.45) is 0. The summed E-state index contributed by atoms with van der Waals surface area (Å²) in [6.45, 7) is 3.89. The van der Waals surface area contributed by atoms with Crippen molar-refractivity contribution in [2.24, 2.45) is 0 Å². The zero-order valence-corrected chi connectivity index (χ0v) is 17.9. The van der Waals surface area contributed by atoms with Crippen LogP contribution in [0.15, 0.2) is 65.1 Å². The van der Waals surface area contributed by atoms with Gasteiger partial charge in [0, 0.05) is 15.7 Å². The molecule has 0 spiro atoms. The Morgan fingerprint density at radius 3 is 2.27 bits per heavy atom. The first-order valence-corrected chi connectivity index (χ1v) is 10.0. The number of hydrogen-bond acceptors (Lipinski definition) is 2. The smallest absolute Gasteiger partial charge is 0.258 e. The van der Waals surface area contributed by atoms with Crippen molar-refractivity contribution in [2.75, 3.05) is 10.6 Å². The Kier molecular flexibility index (Phi) is 6.62. The quantitative estimate of drug-likeness (QED) is 0.454. The van der Waals surface area contributed by atoms with E-state index in [-0.39, 0.29) is 22.7 Å². The first kappa shape index (κ1) is 21.6. The van der Waals surface area contributed by atoms with Crippen LogP contribution in [0.2, 0.25) is 0 Å². The molecular formula is C23H19BrF2N2O2. The minimum atomic E-state index is -0.644. The van der Waals surface area contributed by atoms with E-state index in [1.54, 1.807) is 24.3 Å². The second kappa shape index (κ2) is 9.17. The Morgan fingerprint density at radius 2 is 1.60 bits per heavy atom. The molecule has 3 aromatic rings. The third-order valence-electron chi connectivity index (χ3n) is 4.47. The van der Waals surface area contributed by atoms with Gasteiger partial charge in [0.2, 0.25) is 0 Å². The molecule has 30 heavy (non-hydrogen) atoms. The molecule has 0 unspecified atom stereocenters. The van der Waals surface area contributed by atoms with Crippen molar-refractivity contribution in [3.8, 4) is 0 Å². The molecule has 0 aliphatic rings. The summed E-state index contributed by atoms with van der Waals surface area (Å²) in [5.41, 5.74) is 1.25. The van der Waals surface area contributed by atoms with Gasteiger partial charge in [-0.3, -0.25) is 9.59 Å². The van der Waals surface area contributed by atoms with Gasteiger partial charge in [0.1, 0.15) is 11.6 Å². The number of rotatable bonds is 5. The molecular weight excluding hydrogens is 454 g/mol. The fourth-order valence-corrected chi connectivity index (χ4v) is 3.37. The van der Waals surface area contributed by atoms with Gasteiger partial charge in [-0.1, -0.05) is 32.0 Å². The van der Waals surface area contributed by atoms with Crippen LogP contribution >= 0.6 is 15.9 Å². The first-order valence-electron chi connectivity index (χ1n) is 9.22. The average molecular weight is 473 g/mol. The lowest BCUT2D eigenvalue weighted by molar-refractivity contribution is 0.101. The second-order valence-corrected chi connectivity index (χ2v) is 7.84. The second-order valence-electron chi connectivity index (χ2n) is 6.98. The van der Waals surface area contributed by atoms with Crippen molar-refractivity contribution in [1.29, 1.82) is 0 Å². The molecule has 3 rings (SSSR count). The standard InChI is InChI=1S/C23H19BrF2N2O2/c1-13(2)15-11-18(24)21(20(26)12-15)28-22(29)14-6-5-7-16(10-14)27-23(30)17-8-3-4-9-19(17)25/h3-13H,1-2H3,(H,27,30)(H,28,29). The van der Waals surface area contributed by atoms with Gasteiger partial charge < -0.3 is 10.6 Å². The average Bonchev–Trinajstić information content (AvgIpc) is 2.70. The molecule has 2 N–H and O–H groups in total. The SMILES string of the molecule is CC(C)c1cc(F)c(NC(=O)c2cccc(NC(=O)c3ccccc3F)c2)c(Br)c1. The van der Waals surface area contributed by atoms with E-state index >= 15 is 0 Å². The van der Waals surface area contributed by atoms with Crippen LogP contribution in [0.5, 0.6) is 0 Å². The van der Waals surface area contributed by atoms with Gasteiger partial charge in [-0.2, -0.15) is 0 Å². The highest BCUT2D eigenvalue weighted by Crippen LogP contribution is 2.30. The third-order valence-corrected chi connectivity index (χ3v) is 5.10. The van der Waals surface area contributed by atoms with Crippen LogP contribution in [0.25, 0.3) is 0 Å². The van der Waals surface area contributed by atoms with Gasteiger partial charge in [0.05, 0.1) is 11.3 Å². The van der Waals surface area contributed by atoms with Crippen LogP contribution < -0.4 is 10.6 Å². The van der Waals surface area contributed by atoms with E-state index in [1.165, 1.54) is 36.4 Å². The molecule has 0 heterocycles. The van der Waals surface area contributed by atoms with Crippen molar-refractivity contribution in [3.05, 3.63) is 93.5 Å². The van der Waals surface area contributed by atoms with E-state index in [1.807, 2.05) is 13.8 Å². The monoisotopic (exact) mass is 472 g/mol. The predicted molar refractivity (Wildman–Crippen MR) is 117 cm³/mol. The number of amides is 2.